The third kappa shape index (κ3) is 4.23. The molecule has 2 rings (SSSR count). The van der Waals surface area contributed by atoms with Gasteiger partial charge >= 0.3 is 0 Å². The Morgan fingerprint density at radius 1 is 0.905 bits per heavy atom. The number of carbonyl (C=O) groups excluding carboxylic acids is 1. The molecule has 110 valence electrons. The lowest BCUT2D eigenvalue weighted by atomic mass is 9.87. The summed E-state index contributed by atoms with van der Waals surface area (Å²) in [5.41, 5.74) is 1.70. The summed E-state index contributed by atoms with van der Waals surface area (Å²) in [6.07, 6.45) is 0. The Bertz CT molecular complexity index is 606. The van der Waals surface area contributed by atoms with E-state index in [1.54, 1.807) is 24.3 Å². The number of carbonyl (C=O) groups is 1. The molecule has 0 fully saturated rings. The van der Waals surface area contributed by atoms with Gasteiger partial charge in [-0.15, -0.1) is 0 Å². The average Bonchev–Trinajstić information content (AvgIpc) is 2.43. The zero-order chi connectivity index (χ0) is 15.4. The predicted molar refractivity (Wildman–Crippen MR) is 89.1 cm³/mol. The summed E-state index contributed by atoms with van der Waals surface area (Å²) in [7, 11) is 0. The van der Waals surface area contributed by atoms with Gasteiger partial charge < -0.3 is 5.32 Å². The number of amides is 1. The second-order valence-electron chi connectivity index (χ2n) is 5.27. The molecule has 2 aromatic rings. The minimum Gasteiger partial charge on any atom is -0.326 e. The van der Waals surface area contributed by atoms with Crippen LogP contribution in [0.3, 0.4) is 0 Å². The van der Waals surface area contributed by atoms with Gasteiger partial charge in [-0.05, 0) is 47.9 Å². The zero-order valence-corrected chi connectivity index (χ0v) is 13.4. The number of nitrogens with one attached hydrogen (secondary N) is 1. The van der Waals surface area contributed by atoms with Crippen LogP contribution in [0.1, 0.15) is 25.3 Å². The van der Waals surface area contributed by atoms with E-state index in [4.69, 9.17) is 23.2 Å². The Hall–Kier alpha value is -1.51. The van der Waals surface area contributed by atoms with Crippen LogP contribution in [0.25, 0.3) is 0 Å². The van der Waals surface area contributed by atoms with Crippen LogP contribution in [0.2, 0.25) is 10.0 Å². The highest BCUT2D eigenvalue weighted by atomic mass is 35.5. The summed E-state index contributed by atoms with van der Waals surface area (Å²) in [4.78, 5) is 12.5. The summed E-state index contributed by atoms with van der Waals surface area (Å²) in [6, 6.07) is 14.5. The smallest absolute Gasteiger partial charge is 0.232 e. The first-order chi connectivity index (χ1) is 9.97. The maximum absolute atomic E-state index is 12.5. The van der Waals surface area contributed by atoms with Crippen molar-refractivity contribution in [2.75, 3.05) is 5.32 Å². The Labute approximate surface area is 135 Å². The fourth-order valence-electron chi connectivity index (χ4n) is 2.26. The largest absolute Gasteiger partial charge is 0.326 e. The minimum absolute atomic E-state index is 0.0327. The van der Waals surface area contributed by atoms with E-state index in [-0.39, 0.29) is 17.7 Å². The van der Waals surface area contributed by atoms with Gasteiger partial charge in [-0.3, -0.25) is 4.79 Å². The van der Waals surface area contributed by atoms with Crippen LogP contribution in [-0.4, -0.2) is 5.91 Å². The summed E-state index contributed by atoms with van der Waals surface area (Å²) in [5, 5.41) is 4.24. The van der Waals surface area contributed by atoms with Crippen molar-refractivity contribution in [3.63, 3.8) is 0 Å². The number of halogens is 2. The molecular weight excluding hydrogens is 305 g/mol. The van der Waals surface area contributed by atoms with E-state index in [1.165, 1.54) is 0 Å². The van der Waals surface area contributed by atoms with Gasteiger partial charge in [0.15, 0.2) is 0 Å². The molecule has 1 atom stereocenters. The predicted octanol–water partition coefficient (Wildman–Crippen LogP) is 5.37. The molecule has 21 heavy (non-hydrogen) atoms. The molecule has 4 heteroatoms. The van der Waals surface area contributed by atoms with Gasteiger partial charge in [0.1, 0.15) is 0 Å². The van der Waals surface area contributed by atoms with Crippen molar-refractivity contribution < 1.29 is 4.79 Å². The van der Waals surface area contributed by atoms with Gasteiger partial charge in [0.2, 0.25) is 5.91 Å². The SMILES string of the molecule is CC(C)C(C(=O)Nc1ccc(Cl)cc1)c1ccc(Cl)cc1. The molecule has 0 bridgehead atoms. The summed E-state index contributed by atoms with van der Waals surface area (Å²) in [6.45, 7) is 4.06. The zero-order valence-electron chi connectivity index (χ0n) is 11.9. The van der Waals surface area contributed by atoms with E-state index < -0.39 is 0 Å². The lowest BCUT2D eigenvalue weighted by Gasteiger charge is -2.21. The normalized spacial score (nSPS) is 12.2. The molecule has 0 saturated carbocycles. The molecule has 1 amide bonds. The quantitative estimate of drug-likeness (QED) is 0.805. The van der Waals surface area contributed by atoms with Crippen molar-refractivity contribution in [1.29, 1.82) is 0 Å². The van der Waals surface area contributed by atoms with E-state index in [2.05, 4.69) is 5.32 Å². The van der Waals surface area contributed by atoms with Crippen LogP contribution >= 0.6 is 23.2 Å². The van der Waals surface area contributed by atoms with E-state index in [9.17, 15) is 4.79 Å². The van der Waals surface area contributed by atoms with Crippen molar-refractivity contribution in [3.8, 4) is 0 Å². The van der Waals surface area contributed by atoms with Crippen LogP contribution in [0, 0.1) is 5.92 Å². The van der Waals surface area contributed by atoms with Crippen molar-refractivity contribution >= 4 is 34.8 Å². The van der Waals surface area contributed by atoms with Gasteiger partial charge in [0, 0.05) is 15.7 Å². The maximum atomic E-state index is 12.5. The molecule has 0 aliphatic rings. The molecule has 1 unspecified atom stereocenters. The third-order valence-electron chi connectivity index (χ3n) is 3.29. The molecule has 2 nitrogen and oxygen atoms in total. The second-order valence-corrected chi connectivity index (χ2v) is 6.14. The van der Waals surface area contributed by atoms with Gasteiger partial charge in [-0.1, -0.05) is 49.2 Å². The van der Waals surface area contributed by atoms with Crippen LogP contribution in [0.5, 0.6) is 0 Å². The van der Waals surface area contributed by atoms with Gasteiger partial charge in [-0.2, -0.15) is 0 Å². The first-order valence-corrected chi connectivity index (χ1v) is 7.55. The van der Waals surface area contributed by atoms with Gasteiger partial charge in [0.25, 0.3) is 0 Å². The molecule has 0 aliphatic heterocycles. The second kappa shape index (κ2) is 6.97. The fraction of sp³-hybridized carbons (Fsp3) is 0.235. The van der Waals surface area contributed by atoms with Crippen molar-refractivity contribution in [2.24, 2.45) is 5.92 Å². The number of anilines is 1. The Kier molecular flexibility index (Phi) is 5.27. The lowest BCUT2D eigenvalue weighted by molar-refractivity contribution is -0.118. The molecular formula is C17H17Cl2NO. The third-order valence-corrected chi connectivity index (χ3v) is 3.79. The Balaban J connectivity index is 2.19. The molecule has 0 radical (unpaired) electrons. The first-order valence-electron chi connectivity index (χ1n) is 6.79. The van der Waals surface area contributed by atoms with Crippen molar-refractivity contribution in [1.82, 2.24) is 0 Å². The molecule has 0 spiro atoms. The molecule has 0 aromatic heterocycles. The number of hydrogen-bond donors (Lipinski definition) is 1. The fourth-order valence-corrected chi connectivity index (χ4v) is 2.51. The highest BCUT2D eigenvalue weighted by Gasteiger charge is 2.24. The number of rotatable bonds is 4. The maximum Gasteiger partial charge on any atom is 0.232 e. The van der Waals surface area contributed by atoms with Gasteiger partial charge in [-0.25, -0.2) is 0 Å². The van der Waals surface area contributed by atoms with E-state index in [0.717, 1.165) is 11.3 Å². The monoisotopic (exact) mass is 321 g/mol. The number of hydrogen-bond acceptors (Lipinski definition) is 1. The van der Waals surface area contributed by atoms with Crippen molar-refractivity contribution in [3.05, 3.63) is 64.1 Å². The molecule has 0 saturated heterocycles. The van der Waals surface area contributed by atoms with Crippen LogP contribution in [0.15, 0.2) is 48.5 Å². The van der Waals surface area contributed by atoms with E-state index in [0.29, 0.717) is 10.0 Å². The topological polar surface area (TPSA) is 29.1 Å². The highest BCUT2D eigenvalue weighted by Crippen LogP contribution is 2.27. The standard InChI is InChI=1S/C17H17Cl2NO/c1-11(2)16(12-3-5-13(18)6-4-12)17(21)20-15-9-7-14(19)8-10-15/h3-11,16H,1-2H3,(H,20,21). The molecule has 0 aliphatic carbocycles. The van der Waals surface area contributed by atoms with Crippen LogP contribution < -0.4 is 5.32 Å². The summed E-state index contributed by atoms with van der Waals surface area (Å²) in [5.74, 6) is -0.0777. The van der Waals surface area contributed by atoms with E-state index >= 15 is 0 Å². The number of benzene rings is 2. The Morgan fingerprint density at radius 3 is 1.86 bits per heavy atom. The van der Waals surface area contributed by atoms with Crippen LogP contribution in [-0.2, 0) is 4.79 Å². The van der Waals surface area contributed by atoms with Crippen molar-refractivity contribution in [2.45, 2.75) is 19.8 Å². The summed E-state index contributed by atoms with van der Waals surface area (Å²) < 4.78 is 0. The Morgan fingerprint density at radius 2 is 1.38 bits per heavy atom. The first kappa shape index (κ1) is 15.9. The average molecular weight is 322 g/mol. The summed E-state index contributed by atoms with van der Waals surface area (Å²) >= 11 is 11.8. The van der Waals surface area contributed by atoms with Gasteiger partial charge in [0.05, 0.1) is 5.92 Å². The molecule has 0 heterocycles. The van der Waals surface area contributed by atoms with Crippen LogP contribution in [0.4, 0.5) is 5.69 Å². The minimum atomic E-state index is -0.224. The lowest BCUT2D eigenvalue weighted by Crippen LogP contribution is -2.25. The molecule has 2 aromatic carbocycles. The molecule has 1 N–H and O–H groups in total. The highest BCUT2D eigenvalue weighted by molar-refractivity contribution is 6.30. The van der Waals surface area contributed by atoms with E-state index in [1.807, 2.05) is 38.1 Å².